The topological polar surface area (TPSA) is 122 Å². The average molecular weight is 233 g/mol. The van der Waals surface area contributed by atoms with Crippen molar-refractivity contribution in [1.29, 1.82) is 0 Å². The summed E-state index contributed by atoms with van der Waals surface area (Å²) in [5, 5.41) is 21.1. The number of hydrogen-bond donors (Lipinski definition) is 5. The Balaban J connectivity index is 3.80. The first-order valence-corrected chi connectivity index (χ1v) is 5.66. The van der Waals surface area contributed by atoms with Gasteiger partial charge in [-0.2, -0.15) is 0 Å². The van der Waals surface area contributed by atoms with E-state index in [-0.39, 0.29) is 6.54 Å². The van der Waals surface area contributed by atoms with Crippen LogP contribution in [-0.2, 0) is 4.79 Å². The summed E-state index contributed by atoms with van der Waals surface area (Å²) >= 11 is 0. The van der Waals surface area contributed by atoms with Gasteiger partial charge in [-0.3, -0.25) is 4.79 Å². The molecule has 6 nitrogen and oxygen atoms in total. The number of carboxylic acid groups (broad SMARTS) is 1. The van der Waals surface area contributed by atoms with Crippen molar-refractivity contribution >= 4 is 5.97 Å². The monoisotopic (exact) mass is 233 g/mol. The quantitative estimate of drug-likeness (QED) is 0.304. The van der Waals surface area contributed by atoms with Crippen molar-refractivity contribution in [1.82, 2.24) is 5.32 Å². The SMILES string of the molecule is NCCCC[C@H](NCC(O)CCN)C(=O)O. The Morgan fingerprint density at radius 2 is 1.88 bits per heavy atom. The summed E-state index contributed by atoms with van der Waals surface area (Å²) in [6, 6.07) is -0.612. The summed E-state index contributed by atoms with van der Waals surface area (Å²) in [5.41, 5.74) is 10.6. The van der Waals surface area contributed by atoms with Crippen molar-refractivity contribution in [2.45, 2.75) is 37.8 Å². The highest BCUT2D eigenvalue weighted by Gasteiger charge is 2.17. The van der Waals surface area contributed by atoms with Gasteiger partial charge in [0.15, 0.2) is 0 Å². The average Bonchev–Trinajstić information content (AvgIpc) is 2.23. The minimum atomic E-state index is -0.892. The maximum Gasteiger partial charge on any atom is 0.320 e. The molecule has 1 unspecified atom stereocenters. The van der Waals surface area contributed by atoms with E-state index < -0.39 is 18.1 Å². The van der Waals surface area contributed by atoms with E-state index >= 15 is 0 Å². The number of aliphatic carboxylic acids is 1. The predicted molar refractivity (Wildman–Crippen MR) is 62.0 cm³/mol. The molecule has 0 fully saturated rings. The molecule has 7 N–H and O–H groups in total. The number of nitrogens with one attached hydrogen (secondary N) is 1. The predicted octanol–water partition coefficient (Wildman–Crippen LogP) is -1.13. The molecule has 0 aliphatic carbocycles. The smallest absolute Gasteiger partial charge is 0.320 e. The number of hydrogen-bond acceptors (Lipinski definition) is 5. The van der Waals surface area contributed by atoms with Crippen LogP contribution in [0.25, 0.3) is 0 Å². The Morgan fingerprint density at radius 3 is 2.38 bits per heavy atom. The molecule has 16 heavy (non-hydrogen) atoms. The Labute approximate surface area is 96.0 Å². The van der Waals surface area contributed by atoms with Crippen molar-refractivity contribution in [3.05, 3.63) is 0 Å². The van der Waals surface area contributed by atoms with Crippen LogP contribution in [-0.4, -0.2) is 48.0 Å². The number of aliphatic hydroxyl groups is 1. The van der Waals surface area contributed by atoms with Gasteiger partial charge >= 0.3 is 5.97 Å². The highest BCUT2D eigenvalue weighted by Crippen LogP contribution is 2.01. The number of carboxylic acids is 1. The van der Waals surface area contributed by atoms with Crippen molar-refractivity contribution in [3.8, 4) is 0 Å². The van der Waals surface area contributed by atoms with E-state index in [1.54, 1.807) is 0 Å². The van der Waals surface area contributed by atoms with E-state index in [1.165, 1.54) is 0 Å². The number of aliphatic hydroxyl groups excluding tert-OH is 1. The molecule has 0 amide bonds. The summed E-state index contributed by atoms with van der Waals surface area (Å²) in [4.78, 5) is 10.9. The van der Waals surface area contributed by atoms with Gasteiger partial charge in [-0.25, -0.2) is 0 Å². The molecule has 0 bridgehead atoms. The summed E-state index contributed by atoms with van der Waals surface area (Å²) < 4.78 is 0. The fourth-order valence-electron chi connectivity index (χ4n) is 1.38. The largest absolute Gasteiger partial charge is 0.480 e. The molecule has 0 aromatic heterocycles. The third-order valence-corrected chi connectivity index (χ3v) is 2.34. The van der Waals surface area contributed by atoms with E-state index in [1.807, 2.05) is 0 Å². The molecule has 0 aliphatic heterocycles. The zero-order chi connectivity index (χ0) is 12.4. The molecular weight excluding hydrogens is 210 g/mol. The van der Waals surface area contributed by atoms with E-state index in [0.717, 1.165) is 12.8 Å². The maximum absolute atomic E-state index is 10.9. The molecule has 0 heterocycles. The highest BCUT2D eigenvalue weighted by molar-refractivity contribution is 5.73. The zero-order valence-electron chi connectivity index (χ0n) is 9.56. The number of rotatable bonds is 10. The molecule has 0 radical (unpaired) electrons. The zero-order valence-corrected chi connectivity index (χ0v) is 9.56. The first kappa shape index (κ1) is 15.3. The van der Waals surface area contributed by atoms with Crippen LogP contribution in [0.1, 0.15) is 25.7 Å². The van der Waals surface area contributed by atoms with Crippen LogP contribution in [0.2, 0.25) is 0 Å². The third kappa shape index (κ3) is 7.58. The van der Waals surface area contributed by atoms with Gasteiger partial charge in [-0.1, -0.05) is 6.42 Å². The van der Waals surface area contributed by atoms with E-state index in [9.17, 15) is 9.90 Å². The van der Waals surface area contributed by atoms with Gasteiger partial charge in [-0.15, -0.1) is 0 Å². The molecule has 96 valence electrons. The highest BCUT2D eigenvalue weighted by atomic mass is 16.4. The van der Waals surface area contributed by atoms with Crippen LogP contribution in [0.4, 0.5) is 0 Å². The normalized spacial score (nSPS) is 14.7. The van der Waals surface area contributed by atoms with E-state index in [4.69, 9.17) is 16.6 Å². The van der Waals surface area contributed by atoms with Gasteiger partial charge in [0, 0.05) is 6.54 Å². The first-order valence-electron chi connectivity index (χ1n) is 5.66. The molecule has 0 aliphatic rings. The Hall–Kier alpha value is -0.690. The van der Waals surface area contributed by atoms with Crippen LogP contribution < -0.4 is 16.8 Å². The van der Waals surface area contributed by atoms with Crippen molar-refractivity contribution in [2.24, 2.45) is 11.5 Å². The van der Waals surface area contributed by atoms with Crippen molar-refractivity contribution in [2.75, 3.05) is 19.6 Å². The molecule has 0 spiro atoms. The molecule has 0 saturated heterocycles. The fraction of sp³-hybridized carbons (Fsp3) is 0.900. The van der Waals surface area contributed by atoms with Gasteiger partial charge in [0.25, 0.3) is 0 Å². The van der Waals surface area contributed by atoms with Crippen LogP contribution in [0.15, 0.2) is 0 Å². The Bertz CT molecular complexity index is 190. The van der Waals surface area contributed by atoms with Crippen LogP contribution >= 0.6 is 0 Å². The van der Waals surface area contributed by atoms with E-state index in [2.05, 4.69) is 5.32 Å². The molecule has 0 saturated carbocycles. The summed E-state index contributed by atoms with van der Waals surface area (Å²) in [7, 11) is 0. The molecule has 6 heteroatoms. The molecule has 0 rings (SSSR count). The van der Waals surface area contributed by atoms with Crippen molar-refractivity contribution < 1.29 is 15.0 Å². The number of carbonyl (C=O) groups is 1. The maximum atomic E-state index is 10.9. The van der Waals surface area contributed by atoms with Gasteiger partial charge in [0.1, 0.15) is 6.04 Å². The second kappa shape index (κ2) is 9.53. The van der Waals surface area contributed by atoms with Gasteiger partial charge in [-0.05, 0) is 32.4 Å². The van der Waals surface area contributed by atoms with Crippen LogP contribution in [0, 0.1) is 0 Å². The lowest BCUT2D eigenvalue weighted by molar-refractivity contribution is -0.139. The standard InChI is InChI=1S/C10H23N3O3/c11-5-2-1-3-9(10(15)16)13-7-8(14)4-6-12/h8-9,13-14H,1-7,11-12H2,(H,15,16)/t8?,9-/m0/s1. The number of nitrogens with two attached hydrogens (primary N) is 2. The third-order valence-electron chi connectivity index (χ3n) is 2.34. The Kier molecular flexibility index (Phi) is 9.12. The Morgan fingerprint density at radius 1 is 1.19 bits per heavy atom. The van der Waals surface area contributed by atoms with Crippen LogP contribution in [0.5, 0.6) is 0 Å². The lowest BCUT2D eigenvalue weighted by Gasteiger charge is -2.16. The van der Waals surface area contributed by atoms with Gasteiger partial charge in [0.2, 0.25) is 0 Å². The molecule has 0 aromatic carbocycles. The number of unbranched alkanes of at least 4 members (excludes halogenated alkanes) is 1. The fourth-order valence-corrected chi connectivity index (χ4v) is 1.38. The summed E-state index contributed by atoms with van der Waals surface area (Å²) in [6.45, 7) is 1.23. The minimum absolute atomic E-state index is 0.261. The lowest BCUT2D eigenvalue weighted by Crippen LogP contribution is -2.41. The van der Waals surface area contributed by atoms with Crippen LogP contribution in [0.3, 0.4) is 0 Å². The molecule has 0 aromatic rings. The molecular formula is C10H23N3O3. The van der Waals surface area contributed by atoms with Crippen molar-refractivity contribution in [3.63, 3.8) is 0 Å². The first-order chi connectivity index (χ1) is 7.61. The lowest BCUT2D eigenvalue weighted by atomic mass is 10.1. The van der Waals surface area contributed by atoms with Gasteiger partial charge < -0.3 is 27.0 Å². The second-order valence-corrected chi connectivity index (χ2v) is 3.81. The van der Waals surface area contributed by atoms with E-state index in [0.29, 0.717) is 25.9 Å². The summed E-state index contributed by atoms with van der Waals surface area (Å²) in [5.74, 6) is -0.892. The van der Waals surface area contributed by atoms with Gasteiger partial charge in [0.05, 0.1) is 6.10 Å². The summed E-state index contributed by atoms with van der Waals surface area (Å²) in [6.07, 6.45) is 2.01. The minimum Gasteiger partial charge on any atom is -0.480 e. The molecule has 2 atom stereocenters. The second-order valence-electron chi connectivity index (χ2n) is 3.81.